The molecule has 0 spiro atoms. The molecule has 1 aromatic heterocycles. The van der Waals surface area contributed by atoms with Crippen LogP contribution in [0.2, 0.25) is 16.6 Å². The highest BCUT2D eigenvalue weighted by molar-refractivity contribution is 6.95. The van der Waals surface area contributed by atoms with Gasteiger partial charge in [-0.15, -0.1) is 0 Å². The van der Waals surface area contributed by atoms with Gasteiger partial charge in [0, 0.05) is 11.5 Å². The van der Waals surface area contributed by atoms with Crippen LogP contribution >= 0.6 is 0 Å². The summed E-state index contributed by atoms with van der Waals surface area (Å²) in [7, 11) is -1.56. The first-order valence-electron chi connectivity index (χ1n) is 8.29. The number of hydrogen-bond donors (Lipinski definition) is 1. The molecule has 0 amide bonds. The van der Waals surface area contributed by atoms with E-state index in [0.717, 1.165) is 16.6 Å². The third kappa shape index (κ3) is 2.32. The van der Waals surface area contributed by atoms with E-state index in [1.807, 2.05) is 0 Å². The maximum absolute atomic E-state index is 3.69. The predicted molar refractivity (Wildman–Crippen MR) is 93.3 cm³/mol. The lowest BCUT2D eigenvalue weighted by atomic mass is 10.1. The zero-order valence-corrected chi connectivity index (χ0v) is 15.1. The lowest BCUT2D eigenvalue weighted by molar-refractivity contribution is 0.831. The van der Waals surface area contributed by atoms with Gasteiger partial charge in [0.25, 0.3) is 0 Å². The predicted octanol–water partition coefficient (Wildman–Crippen LogP) is 5.47. The molecule has 2 rings (SSSR count). The molecule has 0 unspecified atom stereocenters. The van der Waals surface area contributed by atoms with Crippen molar-refractivity contribution in [3.63, 3.8) is 0 Å². The van der Waals surface area contributed by atoms with Gasteiger partial charge in [0.2, 0.25) is 0 Å². The quantitative estimate of drug-likeness (QED) is 0.692. The van der Waals surface area contributed by atoms with Crippen LogP contribution < -0.4 is 5.32 Å². The van der Waals surface area contributed by atoms with Crippen molar-refractivity contribution in [3.05, 3.63) is 23.9 Å². The topological polar surface area (TPSA) is 15.8 Å². The van der Waals surface area contributed by atoms with Crippen molar-refractivity contribution < 1.29 is 0 Å². The first-order chi connectivity index (χ1) is 9.42. The minimum Gasteiger partial charge on any atom is -0.368 e. The van der Waals surface area contributed by atoms with Gasteiger partial charge in [-0.2, -0.15) is 0 Å². The Morgan fingerprint density at radius 1 is 1.00 bits per heavy atom. The smallest absolute Gasteiger partial charge is 0.116 e. The molecule has 0 saturated carbocycles. The maximum atomic E-state index is 3.69. The Labute approximate surface area is 125 Å². The molecule has 0 aromatic carbocycles. The lowest BCUT2D eigenvalue weighted by Gasteiger charge is -2.43. The van der Waals surface area contributed by atoms with Crippen LogP contribution in [-0.4, -0.2) is 13.1 Å². The van der Waals surface area contributed by atoms with E-state index in [-0.39, 0.29) is 0 Å². The molecule has 20 heavy (non-hydrogen) atoms. The fraction of sp³-hybridized carbons (Fsp3) is 0.667. The normalized spacial score (nSPS) is 16.6. The highest BCUT2D eigenvalue weighted by Gasteiger charge is 2.46. The Morgan fingerprint density at radius 3 is 2.05 bits per heavy atom. The van der Waals surface area contributed by atoms with E-state index in [1.54, 1.807) is 16.5 Å². The Bertz CT molecular complexity index is 458. The summed E-state index contributed by atoms with van der Waals surface area (Å²) in [6.45, 7) is 14.7. The summed E-state index contributed by atoms with van der Waals surface area (Å²) < 4.78 is 0. The van der Waals surface area contributed by atoms with Gasteiger partial charge < -0.3 is 4.98 Å². The van der Waals surface area contributed by atoms with Gasteiger partial charge in [-0.3, -0.25) is 0 Å². The van der Waals surface area contributed by atoms with Gasteiger partial charge in [0.05, 0.1) is 0 Å². The van der Waals surface area contributed by atoms with Crippen LogP contribution in [0.1, 0.15) is 66.4 Å². The average Bonchev–Trinajstić information content (AvgIpc) is 2.96. The Morgan fingerprint density at radius 2 is 1.60 bits per heavy atom. The van der Waals surface area contributed by atoms with E-state index >= 15 is 0 Å². The number of H-pyrrole nitrogens is 1. The van der Waals surface area contributed by atoms with Crippen molar-refractivity contribution in [2.75, 3.05) is 0 Å². The Hall–Kier alpha value is -0.763. The third-order valence-electron chi connectivity index (χ3n) is 5.43. The van der Waals surface area contributed by atoms with Crippen molar-refractivity contribution in [3.8, 4) is 0 Å². The molecular formula is C18H31NSi. The molecule has 1 heterocycles. The summed E-state index contributed by atoms with van der Waals surface area (Å²) in [5, 5.41) is 1.62. The second-order valence-corrected chi connectivity index (χ2v) is 13.1. The van der Waals surface area contributed by atoms with Crippen molar-refractivity contribution in [1.82, 2.24) is 4.98 Å². The minimum absolute atomic E-state index is 0.766. The first kappa shape index (κ1) is 15.6. The van der Waals surface area contributed by atoms with Crippen molar-refractivity contribution >= 4 is 19.0 Å². The van der Waals surface area contributed by atoms with Gasteiger partial charge >= 0.3 is 0 Å². The molecule has 0 bridgehead atoms. The van der Waals surface area contributed by atoms with Gasteiger partial charge in [-0.05, 0) is 53.1 Å². The van der Waals surface area contributed by atoms with Gasteiger partial charge in [-0.1, -0.05) is 47.6 Å². The number of aromatic nitrogens is 1. The number of nitrogens with one attached hydrogen (secondary N) is 1. The zero-order valence-electron chi connectivity index (χ0n) is 14.1. The Balaban J connectivity index is 2.58. The van der Waals surface area contributed by atoms with Crippen LogP contribution in [0.15, 0.2) is 18.3 Å². The van der Waals surface area contributed by atoms with Crippen LogP contribution in [-0.2, 0) is 0 Å². The van der Waals surface area contributed by atoms with Crippen LogP contribution in [0, 0.1) is 0 Å². The van der Waals surface area contributed by atoms with E-state index in [1.165, 1.54) is 19.3 Å². The molecule has 1 aromatic rings. The van der Waals surface area contributed by atoms with E-state index in [0.29, 0.717) is 0 Å². The summed E-state index contributed by atoms with van der Waals surface area (Å²) in [5.41, 5.74) is 5.44. The molecule has 0 saturated heterocycles. The molecule has 112 valence electrons. The number of allylic oxidation sites excluding steroid dienone is 2. The molecule has 1 N–H and O–H groups in total. The first-order valence-corrected chi connectivity index (χ1v) is 10.5. The third-order valence-corrected chi connectivity index (χ3v) is 12.4. The summed E-state index contributed by atoms with van der Waals surface area (Å²) in [5.74, 6) is 0. The van der Waals surface area contributed by atoms with Crippen LogP contribution in [0.3, 0.4) is 0 Å². The van der Waals surface area contributed by atoms with Crippen LogP contribution in [0.4, 0.5) is 0 Å². The van der Waals surface area contributed by atoms with Crippen LogP contribution in [0.5, 0.6) is 0 Å². The summed E-state index contributed by atoms with van der Waals surface area (Å²) in [6.07, 6.45) is 8.51. The van der Waals surface area contributed by atoms with E-state index in [4.69, 9.17) is 0 Å². The molecule has 1 aliphatic carbocycles. The standard InChI is InChI=1S/C18H31NSi/c1-13(2)20(14(3)4,15(5)6)18-17(11-12-19-18)16-9-7-8-10-16/h9,11-15,19H,7-8,10H2,1-6H3. The van der Waals surface area contributed by atoms with Gasteiger partial charge in [-0.25, -0.2) is 0 Å². The molecule has 1 nitrogen and oxygen atoms in total. The fourth-order valence-electron chi connectivity index (χ4n) is 4.78. The fourth-order valence-corrected chi connectivity index (χ4v) is 11.6. The Kier molecular flexibility index (Phi) is 4.63. The molecule has 2 heteroatoms. The van der Waals surface area contributed by atoms with E-state index in [2.05, 4.69) is 64.9 Å². The lowest BCUT2D eigenvalue weighted by Crippen LogP contribution is -2.57. The summed E-state index contributed by atoms with van der Waals surface area (Å²) in [6, 6.07) is 2.33. The second kappa shape index (κ2) is 5.93. The van der Waals surface area contributed by atoms with Crippen LogP contribution in [0.25, 0.3) is 5.57 Å². The number of hydrogen-bond acceptors (Lipinski definition) is 0. The van der Waals surface area contributed by atoms with Gasteiger partial charge in [0.15, 0.2) is 0 Å². The van der Waals surface area contributed by atoms with Crippen molar-refractivity contribution in [2.45, 2.75) is 77.4 Å². The molecule has 0 radical (unpaired) electrons. The number of aromatic amines is 1. The van der Waals surface area contributed by atoms with E-state index in [9.17, 15) is 0 Å². The molecule has 0 atom stereocenters. The molecule has 0 fully saturated rings. The van der Waals surface area contributed by atoms with Crippen molar-refractivity contribution in [2.24, 2.45) is 0 Å². The minimum atomic E-state index is -1.56. The molecule has 1 aliphatic rings. The maximum Gasteiger partial charge on any atom is 0.116 e. The molecular weight excluding hydrogens is 258 g/mol. The van der Waals surface area contributed by atoms with Gasteiger partial charge in [0.1, 0.15) is 8.07 Å². The highest BCUT2D eigenvalue weighted by Crippen LogP contribution is 2.42. The summed E-state index contributed by atoms with van der Waals surface area (Å²) in [4.78, 5) is 3.69. The average molecular weight is 290 g/mol. The van der Waals surface area contributed by atoms with E-state index < -0.39 is 8.07 Å². The second-order valence-electron chi connectivity index (χ2n) is 7.29. The zero-order chi connectivity index (χ0) is 14.9. The SMILES string of the molecule is CC(C)[Si](c1[nH]ccc1C1=CCCC1)(C(C)C)C(C)C. The monoisotopic (exact) mass is 289 g/mol. The molecule has 0 aliphatic heterocycles. The number of rotatable bonds is 5. The van der Waals surface area contributed by atoms with Crippen molar-refractivity contribution in [1.29, 1.82) is 0 Å². The largest absolute Gasteiger partial charge is 0.368 e. The summed E-state index contributed by atoms with van der Waals surface area (Å²) >= 11 is 0. The highest BCUT2D eigenvalue weighted by atomic mass is 28.3.